The Morgan fingerprint density at radius 1 is 1.04 bits per heavy atom. The van der Waals surface area contributed by atoms with Crippen LogP contribution in [-0.4, -0.2) is 10.4 Å². The van der Waals surface area contributed by atoms with Crippen LogP contribution in [-0.2, 0) is 12.7 Å². The van der Waals surface area contributed by atoms with Gasteiger partial charge in [-0.25, -0.2) is 0 Å². The number of hydrogen-bond acceptors (Lipinski definition) is 1. The molecule has 0 atom stereocenters. The van der Waals surface area contributed by atoms with E-state index >= 15 is 0 Å². The van der Waals surface area contributed by atoms with Crippen molar-refractivity contribution < 1.29 is 18.0 Å². The fourth-order valence-electron chi connectivity index (χ4n) is 2.98. The van der Waals surface area contributed by atoms with Crippen LogP contribution in [0.2, 0.25) is 0 Å². The first kappa shape index (κ1) is 18.2. The van der Waals surface area contributed by atoms with Crippen molar-refractivity contribution in [3.05, 3.63) is 71.4 Å². The first-order valence-corrected chi connectivity index (χ1v) is 8.57. The van der Waals surface area contributed by atoms with Gasteiger partial charge in [-0.05, 0) is 30.5 Å². The van der Waals surface area contributed by atoms with E-state index in [2.05, 4.69) is 13.8 Å². The number of ketones is 1. The lowest BCUT2D eigenvalue weighted by Crippen LogP contribution is -2.06. The van der Waals surface area contributed by atoms with Gasteiger partial charge in [0.2, 0.25) is 0 Å². The highest BCUT2D eigenvalue weighted by molar-refractivity contribution is 6.16. The van der Waals surface area contributed by atoms with Gasteiger partial charge in [0, 0.05) is 34.8 Å². The number of carbonyl (C=O) groups excluding carboxylic acids is 1. The van der Waals surface area contributed by atoms with Crippen molar-refractivity contribution in [3.63, 3.8) is 0 Å². The van der Waals surface area contributed by atoms with E-state index in [1.807, 2.05) is 35.0 Å². The van der Waals surface area contributed by atoms with Gasteiger partial charge < -0.3 is 4.57 Å². The second-order valence-electron chi connectivity index (χ2n) is 6.84. The Balaban J connectivity index is 1.98. The maximum Gasteiger partial charge on any atom is 0.416 e. The van der Waals surface area contributed by atoms with Gasteiger partial charge >= 0.3 is 6.18 Å². The third kappa shape index (κ3) is 3.66. The molecule has 2 aromatic carbocycles. The maximum absolute atomic E-state index is 12.9. The summed E-state index contributed by atoms with van der Waals surface area (Å²) in [6.07, 6.45) is -1.62. The molecule has 0 bridgehead atoms. The number of fused-ring (bicyclic) bond motifs is 1. The molecule has 2 nitrogen and oxygen atoms in total. The zero-order valence-corrected chi connectivity index (χ0v) is 14.7. The number of halogens is 3. The molecule has 0 saturated heterocycles. The Labute approximate surface area is 150 Å². The average Bonchev–Trinajstić information content (AvgIpc) is 2.97. The second kappa shape index (κ2) is 6.98. The summed E-state index contributed by atoms with van der Waals surface area (Å²) in [4.78, 5) is 12.9. The Bertz CT molecular complexity index is 921. The van der Waals surface area contributed by atoms with Gasteiger partial charge in [0.1, 0.15) is 0 Å². The van der Waals surface area contributed by atoms with Crippen molar-refractivity contribution in [2.24, 2.45) is 5.92 Å². The molecular weight excluding hydrogens is 339 g/mol. The SMILES string of the molecule is CC(C)CCn1cc(C(=O)c2ccc(C(F)(F)F)cc2)c2ccccc21. The summed E-state index contributed by atoms with van der Waals surface area (Å²) in [6, 6.07) is 12.0. The molecule has 0 unspecified atom stereocenters. The number of para-hydroxylation sites is 1. The van der Waals surface area contributed by atoms with Gasteiger partial charge in [-0.2, -0.15) is 13.2 Å². The lowest BCUT2D eigenvalue weighted by molar-refractivity contribution is -0.137. The number of carbonyl (C=O) groups is 1. The Morgan fingerprint density at radius 2 is 1.69 bits per heavy atom. The molecule has 0 aliphatic heterocycles. The lowest BCUT2D eigenvalue weighted by atomic mass is 10.0. The smallest absolute Gasteiger partial charge is 0.347 e. The number of aryl methyl sites for hydroxylation is 1. The molecule has 1 heterocycles. The minimum atomic E-state index is -4.41. The molecular formula is C21H20F3NO. The molecule has 1 aromatic heterocycles. The molecule has 0 amide bonds. The fourth-order valence-corrected chi connectivity index (χ4v) is 2.98. The zero-order valence-electron chi connectivity index (χ0n) is 14.7. The Hall–Kier alpha value is -2.56. The summed E-state index contributed by atoms with van der Waals surface area (Å²) < 4.78 is 40.2. The van der Waals surface area contributed by atoms with Crippen molar-refractivity contribution in [2.45, 2.75) is 33.0 Å². The number of nitrogens with zero attached hydrogens (tertiary/aromatic N) is 1. The van der Waals surface area contributed by atoms with Crippen LogP contribution < -0.4 is 0 Å². The Morgan fingerprint density at radius 3 is 2.31 bits per heavy atom. The van der Waals surface area contributed by atoms with E-state index in [0.29, 0.717) is 11.5 Å². The third-order valence-corrected chi connectivity index (χ3v) is 4.45. The largest absolute Gasteiger partial charge is 0.416 e. The van der Waals surface area contributed by atoms with Crippen LogP contribution in [0.25, 0.3) is 10.9 Å². The standard InChI is InChI=1S/C21H20F3NO/c1-14(2)11-12-25-13-18(17-5-3-4-6-19(17)25)20(26)15-7-9-16(10-8-15)21(22,23)24/h3-10,13-14H,11-12H2,1-2H3. The van der Waals surface area contributed by atoms with Crippen LogP contribution in [0.1, 0.15) is 41.8 Å². The molecule has 0 radical (unpaired) electrons. The van der Waals surface area contributed by atoms with E-state index in [1.165, 1.54) is 12.1 Å². The average molecular weight is 359 g/mol. The number of rotatable bonds is 5. The molecule has 0 fully saturated rings. The van der Waals surface area contributed by atoms with Crippen LogP contribution in [0.3, 0.4) is 0 Å². The van der Waals surface area contributed by atoms with Crippen LogP contribution >= 0.6 is 0 Å². The summed E-state index contributed by atoms with van der Waals surface area (Å²) in [5, 5.41) is 0.821. The fraction of sp³-hybridized carbons (Fsp3) is 0.286. The van der Waals surface area contributed by atoms with E-state index in [4.69, 9.17) is 0 Å². The Kier molecular flexibility index (Phi) is 4.90. The molecule has 136 valence electrons. The monoisotopic (exact) mass is 359 g/mol. The van der Waals surface area contributed by atoms with Gasteiger partial charge in [0.25, 0.3) is 0 Å². The van der Waals surface area contributed by atoms with Crippen LogP contribution in [0.5, 0.6) is 0 Å². The summed E-state index contributed by atoms with van der Waals surface area (Å²) >= 11 is 0. The highest BCUT2D eigenvalue weighted by Crippen LogP contribution is 2.30. The van der Waals surface area contributed by atoms with Crippen molar-refractivity contribution in [1.29, 1.82) is 0 Å². The molecule has 3 aromatic rings. The van der Waals surface area contributed by atoms with Crippen LogP contribution in [0, 0.1) is 5.92 Å². The minimum absolute atomic E-state index is 0.254. The number of alkyl halides is 3. The second-order valence-corrected chi connectivity index (χ2v) is 6.84. The predicted molar refractivity (Wildman–Crippen MR) is 96.3 cm³/mol. The molecule has 0 N–H and O–H groups in total. The van der Waals surface area contributed by atoms with E-state index in [9.17, 15) is 18.0 Å². The molecule has 0 spiro atoms. The molecule has 0 aliphatic rings. The van der Waals surface area contributed by atoms with Crippen LogP contribution in [0.15, 0.2) is 54.7 Å². The van der Waals surface area contributed by atoms with Crippen LogP contribution in [0.4, 0.5) is 13.2 Å². The van der Waals surface area contributed by atoms with E-state index < -0.39 is 11.7 Å². The van der Waals surface area contributed by atoms with Gasteiger partial charge in [-0.15, -0.1) is 0 Å². The maximum atomic E-state index is 12.9. The van der Waals surface area contributed by atoms with Gasteiger partial charge in [-0.1, -0.05) is 44.2 Å². The highest BCUT2D eigenvalue weighted by Gasteiger charge is 2.30. The lowest BCUT2D eigenvalue weighted by Gasteiger charge is -2.07. The van der Waals surface area contributed by atoms with Crippen molar-refractivity contribution in [2.75, 3.05) is 0 Å². The highest BCUT2D eigenvalue weighted by atomic mass is 19.4. The normalized spacial score (nSPS) is 12.1. The molecule has 0 saturated carbocycles. The quantitative estimate of drug-likeness (QED) is 0.517. The first-order valence-electron chi connectivity index (χ1n) is 8.57. The summed E-state index contributed by atoms with van der Waals surface area (Å²) in [6.45, 7) is 5.07. The van der Waals surface area contributed by atoms with Crippen molar-refractivity contribution >= 4 is 16.7 Å². The van der Waals surface area contributed by atoms with Gasteiger partial charge in [0.05, 0.1) is 5.56 Å². The minimum Gasteiger partial charge on any atom is -0.347 e. The van der Waals surface area contributed by atoms with Gasteiger partial charge in [-0.3, -0.25) is 4.79 Å². The van der Waals surface area contributed by atoms with E-state index in [0.717, 1.165) is 36.0 Å². The molecule has 5 heteroatoms. The van der Waals surface area contributed by atoms with Crippen molar-refractivity contribution in [1.82, 2.24) is 4.57 Å². The van der Waals surface area contributed by atoms with E-state index in [-0.39, 0.29) is 11.3 Å². The summed E-state index contributed by atoms with van der Waals surface area (Å²) in [7, 11) is 0. The van der Waals surface area contributed by atoms with Crippen molar-refractivity contribution in [3.8, 4) is 0 Å². The first-order chi connectivity index (χ1) is 12.3. The summed E-state index contributed by atoms with van der Waals surface area (Å²) in [5.41, 5.74) is 0.978. The topological polar surface area (TPSA) is 22.0 Å². The number of benzene rings is 2. The third-order valence-electron chi connectivity index (χ3n) is 4.45. The predicted octanol–water partition coefficient (Wildman–Crippen LogP) is 5.94. The summed E-state index contributed by atoms with van der Waals surface area (Å²) in [5.74, 6) is 0.267. The zero-order chi connectivity index (χ0) is 18.9. The number of aromatic nitrogens is 1. The number of hydrogen-bond donors (Lipinski definition) is 0. The van der Waals surface area contributed by atoms with Gasteiger partial charge in [0.15, 0.2) is 5.78 Å². The molecule has 3 rings (SSSR count). The van der Waals surface area contributed by atoms with E-state index in [1.54, 1.807) is 0 Å². The molecule has 26 heavy (non-hydrogen) atoms. The molecule has 0 aliphatic carbocycles.